The zero-order valence-corrected chi connectivity index (χ0v) is 9.06. The van der Waals surface area contributed by atoms with Crippen molar-refractivity contribution in [1.29, 1.82) is 0 Å². The Morgan fingerprint density at radius 1 is 1.69 bits per heavy atom. The average Bonchev–Trinajstić information content (AvgIpc) is 2.61. The molecule has 13 heavy (non-hydrogen) atoms. The summed E-state index contributed by atoms with van der Waals surface area (Å²) in [5.41, 5.74) is 0.642. The van der Waals surface area contributed by atoms with E-state index in [1.807, 2.05) is 6.92 Å². The summed E-state index contributed by atoms with van der Waals surface area (Å²) in [5.74, 6) is 0.678. The van der Waals surface area contributed by atoms with Crippen molar-refractivity contribution in [3.63, 3.8) is 0 Å². The molecule has 1 aromatic rings. The van der Waals surface area contributed by atoms with Crippen LogP contribution in [0.2, 0.25) is 0 Å². The molecular formula is C9H12BrNO2. The van der Waals surface area contributed by atoms with Gasteiger partial charge >= 0.3 is 0 Å². The molecule has 1 N–H and O–H groups in total. The van der Waals surface area contributed by atoms with Gasteiger partial charge in [-0.25, -0.2) is 0 Å². The second-order valence-electron chi connectivity index (χ2n) is 2.56. The molecule has 1 aromatic heterocycles. The van der Waals surface area contributed by atoms with Gasteiger partial charge in [-0.05, 0) is 6.07 Å². The van der Waals surface area contributed by atoms with Crippen molar-refractivity contribution in [2.45, 2.75) is 13.3 Å². The predicted octanol–water partition coefficient (Wildman–Crippen LogP) is 1.97. The number of furan rings is 1. The first-order valence-electron chi connectivity index (χ1n) is 4.20. The quantitative estimate of drug-likeness (QED) is 0.825. The standard InChI is InChI=1S/C9H12BrNO2/c1-2-8-7(3-6-13-8)9(12)11-5-4-10/h3,6H,2,4-5H2,1H3,(H,11,12). The van der Waals surface area contributed by atoms with Crippen LogP contribution in [0.5, 0.6) is 0 Å². The average molecular weight is 246 g/mol. The fraction of sp³-hybridized carbons (Fsp3) is 0.444. The maximum Gasteiger partial charge on any atom is 0.254 e. The molecule has 0 saturated heterocycles. The Morgan fingerprint density at radius 3 is 3.08 bits per heavy atom. The number of rotatable bonds is 4. The first-order valence-corrected chi connectivity index (χ1v) is 5.32. The molecule has 72 valence electrons. The summed E-state index contributed by atoms with van der Waals surface area (Å²) in [4.78, 5) is 11.5. The van der Waals surface area contributed by atoms with Gasteiger partial charge in [-0.3, -0.25) is 4.79 Å². The number of nitrogens with one attached hydrogen (secondary N) is 1. The molecule has 1 heterocycles. The number of hydrogen-bond acceptors (Lipinski definition) is 2. The molecular weight excluding hydrogens is 234 g/mol. The number of halogens is 1. The van der Waals surface area contributed by atoms with Crippen LogP contribution in [-0.4, -0.2) is 17.8 Å². The van der Waals surface area contributed by atoms with Gasteiger partial charge in [-0.1, -0.05) is 22.9 Å². The van der Waals surface area contributed by atoms with Crippen LogP contribution in [0.3, 0.4) is 0 Å². The fourth-order valence-electron chi connectivity index (χ4n) is 1.07. The van der Waals surface area contributed by atoms with Crippen molar-refractivity contribution in [2.24, 2.45) is 0 Å². The van der Waals surface area contributed by atoms with E-state index in [2.05, 4.69) is 21.2 Å². The van der Waals surface area contributed by atoms with E-state index in [-0.39, 0.29) is 5.91 Å². The molecule has 0 aliphatic heterocycles. The van der Waals surface area contributed by atoms with Gasteiger partial charge < -0.3 is 9.73 Å². The van der Waals surface area contributed by atoms with Gasteiger partial charge in [0.05, 0.1) is 11.8 Å². The van der Waals surface area contributed by atoms with Gasteiger partial charge in [0.1, 0.15) is 5.76 Å². The van der Waals surface area contributed by atoms with Crippen molar-refractivity contribution < 1.29 is 9.21 Å². The molecule has 1 rings (SSSR count). The van der Waals surface area contributed by atoms with Crippen LogP contribution in [-0.2, 0) is 6.42 Å². The van der Waals surface area contributed by atoms with E-state index in [1.54, 1.807) is 12.3 Å². The van der Waals surface area contributed by atoms with Gasteiger partial charge in [0, 0.05) is 18.3 Å². The highest BCUT2D eigenvalue weighted by molar-refractivity contribution is 9.09. The zero-order valence-electron chi connectivity index (χ0n) is 7.47. The van der Waals surface area contributed by atoms with Crippen LogP contribution in [0, 0.1) is 0 Å². The lowest BCUT2D eigenvalue weighted by Crippen LogP contribution is -2.25. The fourth-order valence-corrected chi connectivity index (χ4v) is 1.27. The molecule has 0 fully saturated rings. The van der Waals surface area contributed by atoms with Crippen LogP contribution in [0.4, 0.5) is 0 Å². The molecule has 0 aliphatic rings. The third-order valence-corrected chi connectivity index (χ3v) is 2.09. The Balaban J connectivity index is 2.65. The van der Waals surface area contributed by atoms with E-state index in [1.165, 1.54) is 0 Å². The predicted molar refractivity (Wildman–Crippen MR) is 54.2 cm³/mol. The summed E-state index contributed by atoms with van der Waals surface area (Å²) < 4.78 is 5.14. The number of alkyl halides is 1. The van der Waals surface area contributed by atoms with Crippen molar-refractivity contribution in [1.82, 2.24) is 5.32 Å². The summed E-state index contributed by atoms with van der Waals surface area (Å²) in [6, 6.07) is 1.70. The summed E-state index contributed by atoms with van der Waals surface area (Å²) in [7, 11) is 0. The lowest BCUT2D eigenvalue weighted by molar-refractivity contribution is 0.0954. The molecule has 0 saturated carbocycles. The van der Waals surface area contributed by atoms with Gasteiger partial charge in [0.25, 0.3) is 5.91 Å². The maximum atomic E-state index is 11.5. The first-order chi connectivity index (χ1) is 6.29. The lowest BCUT2D eigenvalue weighted by atomic mass is 10.2. The van der Waals surface area contributed by atoms with Crippen LogP contribution in [0.15, 0.2) is 16.7 Å². The first kappa shape index (κ1) is 10.3. The molecule has 1 amide bonds. The molecule has 0 atom stereocenters. The molecule has 0 aromatic carbocycles. The largest absolute Gasteiger partial charge is 0.469 e. The van der Waals surface area contributed by atoms with E-state index >= 15 is 0 Å². The summed E-state index contributed by atoms with van der Waals surface area (Å²) in [6.45, 7) is 2.59. The molecule has 0 unspecified atom stereocenters. The Labute approximate surface area is 85.6 Å². The molecule has 0 aliphatic carbocycles. The van der Waals surface area contributed by atoms with Crippen molar-refractivity contribution >= 4 is 21.8 Å². The minimum absolute atomic E-state index is 0.0648. The maximum absolute atomic E-state index is 11.5. The topological polar surface area (TPSA) is 42.2 Å². The lowest BCUT2D eigenvalue weighted by Gasteiger charge is -2.01. The number of carbonyl (C=O) groups is 1. The van der Waals surface area contributed by atoms with Gasteiger partial charge in [0.15, 0.2) is 0 Å². The molecule has 0 bridgehead atoms. The Bertz CT molecular complexity index is 283. The summed E-state index contributed by atoms with van der Waals surface area (Å²) >= 11 is 3.24. The Morgan fingerprint density at radius 2 is 2.46 bits per heavy atom. The highest BCUT2D eigenvalue weighted by atomic mass is 79.9. The normalized spacial score (nSPS) is 10.0. The molecule has 0 radical (unpaired) electrons. The van der Waals surface area contributed by atoms with Crippen molar-refractivity contribution in [2.75, 3.05) is 11.9 Å². The molecule has 4 heteroatoms. The second kappa shape index (κ2) is 5.07. The van der Waals surface area contributed by atoms with Crippen molar-refractivity contribution in [3.05, 3.63) is 23.7 Å². The van der Waals surface area contributed by atoms with E-state index in [0.29, 0.717) is 12.1 Å². The third kappa shape index (κ3) is 2.59. The molecule has 0 spiro atoms. The third-order valence-electron chi connectivity index (χ3n) is 1.69. The Hall–Kier alpha value is -0.770. The number of hydrogen-bond donors (Lipinski definition) is 1. The van der Waals surface area contributed by atoms with Crippen LogP contribution >= 0.6 is 15.9 Å². The molecule has 3 nitrogen and oxygen atoms in total. The van der Waals surface area contributed by atoms with Gasteiger partial charge in [-0.2, -0.15) is 0 Å². The number of carbonyl (C=O) groups excluding carboxylic acids is 1. The monoisotopic (exact) mass is 245 g/mol. The smallest absolute Gasteiger partial charge is 0.254 e. The van der Waals surface area contributed by atoms with Crippen LogP contribution in [0.1, 0.15) is 23.0 Å². The summed E-state index contributed by atoms with van der Waals surface area (Å²) in [6.07, 6.45) is 2.28. The Kier molecular flexibility index (Phi) is 4.02. The minimum atomic E-state index is -0.0648. The highest BCUT2D eigenvalue weighted by Gasteiger charge is 2.11. The zero-order chi connectivity index (χ0) is 9.68. The van der Waals surface area contributed by atoms with Gasteiger partial charge in [0.2, 0.25) is 0 Å². The second-order valence-corrected chi connectivity index (χ2v) is 3.35. The van der Waals surface area contributed by atoms with E-state index in [4.69, 9.17) is 4.42 Å². The SMILES string of the molecule is CCc1occc1C(=O)NCCBr. The van der Waals surface area contributed by atoms with E-state index < -0.39 is 0 Å². The van der Waals surface area contributed by atoms with E-state index in [9.17, 15) is 4.79 Å². The number of amides is 1. The van der Waals surface area contributed by atoms with E-state index in [0.717, 1.165) is 17.5 Å². The highest BCUT2D eigenvalue weighted by Crippen LogP contribution is 2.10. The minimum Gasteiger partial charge on any atom is -0.469 e. The van der Waals surface area contributed by atoms with Crippen LogP contribution < -0.4 is 5.32 Å². The summed E-state index contributed by atoms with van der Waals surface area (Å²) in [5, 5.41) is 3.53. The van der Waals surface area contributed by atoms with Crippen molar-refractivity contribution in [3.8, 4) is 0 Å². The van der Waals surface area contributed by atoms with Crippen LogP contribution in [0.25, 0.3) is 0 Å². The van der Waals surface area contributed by atoms with Gasteiger partial charge in [-0.15, -0.1) is 0 Å². The number of aryl methyl sites for hydroxylation is 1.